The van der Waals surface area contributed by atoms with Crippen LogP contribution in [0.4, 0.5) is 0 Å². The molecule has 0 aliphatic heterocycles. The molecule has 0 aliphatic carbocycles. The van der Waals surface area contributed by atoms with Gasteiger partial charge in [-0.3, -0.25) is 14.5 Å². The molecule has 2 aromatic carbocycles. The monoisotopic (exact) mass is 506 g/mol. The number of aromatic nitrogens is 3. The van der Waals surface area contributed by atoms with Crippen molar-refractivity contribution in [2.24, 2.45) is 0 Å². The first-order valence-corrected chi connectivity index (χ1v) is 11.2. The summed E-state index contributed by atoms with van der Waals surface area (Å²) < 4.78 is 7.04. The number of benzene rings is 2. The van der Waals surface area contributed by atoms with Gasteiger partial charge in [-0.2, -0.15) is 5.10 Å². The van der Waals surface area contributed by atoms with Crippen LogP contribution in [-0.2, 0) is 11.3 Å². The SMILES string of the molecule is COC(=O)c1ccc(C(C)NC(=O)c2c(Br)c(C)nn2Cc2cc3ccccc3cn2)cc1. The lowest BCUT2D eigenvalue weighted by Gasteiger charge is -2.16. The van der Waals surface area contributed by atoms with Crippen LogP contribution >= 0.6 is 15.9 Å². The van der Waals surface area contributed by atoms with Gasteiger partial charge in [0, 0.05) is 11.6 Å². The van der Waals surface area contributed by atoms with Crippen LogP contribution in [0, 0.1) is 6.92 Å². The molecule has 168 valence electrons. The Kier molecular flexibility index (Phi) is 6.55. The van der Waals surface area contributed by atoms with Gasteiger partial charge in [0.25, 0.3) is 5.91 Å². The summed E-state index contributed by atoms with van der Waals surface area (Å²) in [5, 5.41) is 9.71. The fourth-order valence-corrected chi connectivity index (χ4v) is 4.10. The molecule has 2 heterocycles. The Bertz CT molecular complexity index is 1330. The van der Waals surface area contributed by atoms with Crippen LogP contribution in [0.15, 0.2) is 65.3 Å². The molecule has 7 nitrogen and oxygen atoms in total. The van der Waals surface area contributed by atoms with Crippen LogP contribution in [0.2, 0.25) is 0 Å². The second kappa shape index (κ2) is 9.54. The number of hydrogen-bond donors (Lipinski definition) is 1. The minimum absolute atomic E-state index is 0.257. The van der Waals surface area contributed by atoms with Gasteiger partial charge in [-0.15, -0.1) is 0 Å². The van der Waals surface area contributed by atoms with Crippen LogP contribution in [0.1, 0.15) is 50.8 Å². The van der Waals surface area contributed by atoms with E-state index in [4.69, 9.17) is 4.74 Å². The Balaban J connectivity index is 1.55. The summed E-state index contributed by atoms with van der Waals surface area (Å²) in [6.45, 7) is 4.10. The van der Waals surface area contributed by atoms with Crippen LogP contribution in [0.25, 0.3) is 10.8 Å². The molecule has 0 bridgehead atoms. The molecule has 0 fully saturated rings. The molecule has 1 unspecified atom stereocenters. The zero-order valence-electron chi connectivity index (χ0n) is 18.5. The molecule has 0 saturated heterocycles. The number of pyridine rings is 1. The minimum atomic E-state index is -0.399. The second-order valence-electron chi connectivity index (χ2n) is 7.74. The Hall–Kier alpha value is -3.52. The topological polar surface area (TPSA) is 86.1 Å². The number of hydrogen-bond acceptors (Lipinski definition) is 5. The number of ether oxygens (including phenoxy) is 1. The van der Waals surface area contributed by atoms with Gasteiger partial charge >= 0.3 is 5.97 Å². The number of esters is 1. The number of rotatable bonds is 6. The summed E-state index contributed by atoms with van der Waals surface area (Å²) >= 11 is 3.52. The minimum Gasteiger partial charge on any atom is -0.465 e. The number of halogens is 1. The van der Waals surface area contributed by atoms with Crippen LogP contribution in [0.3, 0.4) is 0 Å². The molecular formula is C25H23BrN4O3. The zero-order chi connectivity index (χ0) is 23.5. The first kappa shape index (κ1) is 22.7. The molecule has 1 amide bonds. The fraction of sp³-hybridized carbons (Fsp3) is 0.200. The van der Waals surface area contributed by atoms with Gasteiger partial charge in [-0.1, -0.05) is 36.4 Å². The van der Waals surface area contributed by atoms with E-state index < -0.39 is 5.97 Å². The van der Waals surface area contributed by atoms with E-state index in [2.05, 4.69) is 31.3 Å². The molecule has 0 saturated carbocycles. The van der Waals surface area contributed by atoms with E-state index in [0.29, 0.717) is 22.3 Å². The second-order valence-corrected chi connectivity index (χ2v) is 8.53. The van der Waals surface area contributed by atoms with E-state index >= 15 is 0 Å². The molecule has 1 atom stereocenters. The molecule has 1 N–H and O–H groups in total. The van der Waals surface area contributed by atoms with E-state index in [-0.39, 0.29) is 11.9 Å². The molecule has 4 aromatic rings. The van der Waals surface area contributed by atoms with Gasteiger partial charge in [0.1, 0.15) is 5.69 Å². The third-order valence-electron chi connectivity index (χ3n) is 5.45. The van der Waals surface area contributed by atoms with Gasteiger partial charge < -0.3 is 10.1 Å². The van der Waals surface area contributed by atoms with Crippen molar-refractivity contribution in [1.82, 2.24) is 20.1 Å². The predicted molar refractivity (Wildman–Crippen MR) is 129 cm³/mol. The van der Waals surface area contributed by atoms with E-state index in [1.807, 2.05) is 50.4 Å². The molecule has 8 heteroatoms. The molecular weight excluding hydrogens is 484 g/mol. The van der Waals surface area contributed by atoms with E-state index in [0.717, 1.165) is 27.7 Å². The first-order valence-electron chi connectivity index (χ1n) is 10.4. The Morgan fingerprint density at radius 2 is 1.82 bits per heavy atom. The number of methoxy groups -OCH3 is 1. The average molecular weight is 507 g/mol. The lowest BCUT2D eigenvalue weighted by atomic mass is 10.1. The van der Waals surface area contributed by atoms with Crippen molar-refractivity contribution in [2.75, 3.05) is 7.11 Å². The number of carbonyl (C=O) groups excluding carboxylic acids is 2. The standard InChI is InChI=1S/C25H23BrN4O3/c1-15(17-8-10-18(11-9-17)25(32)33-3)28-24(31)23-22(26)16(2)29-30(23)14-21-12-19-6-4-5-7-20(19)13-27-21/h4-13,15H,14H2,1-3H3,(H,28,31). The smallest absolute Gasteiger partial charge is 0.337 e. The van der Waals surface area contributed by atoms with E-state index in [1.54, 1.807) is 28.9 Å². The summed E-state index contributed by atoms with van der Waals surface area (Å²) in [4.78, 5) is 29.4. The quantitative estimate of drug-likeness (QED) is 0.378. The Morgan fingerprint density at radius 1 is 1.12 bits per heavy atom. The number of fused-ring (bicyclic) bond motifs is 1. The Morgan fingerprint density at radius 3 is 2.52 bits per heavy atom. The number of nitrogens with zero attached hydrogens (tertiary/aromatic N) is 3. The third kappa shape index (κ3) is 4.80. The van der Waals surface area contributed by atoms with Gasteiger partial charge in [0.15, 0.2) is 0 Å². The molecule has 4 rings (SSSR count). The molecule has 0 aliphatic rings. The number of carbonyl (C=O) groups is 2. The van der Waals surface area contributed by atoms with Crippen molar-refractivity contribution in [2.45, 2.75) is 26.4 Å². The van der Waals surface area contributed by atoms with Crippen molar-refractivity contribution in [1.29, 1.82) is 0 Å². The van der Waals surface area contributed by atoms with Crippen molar-refractivity contribution < 1.29 is 14.3 Å². The van der Waals surface area contributed by atoms with Crippen molar-refractivity contribution in [3.8, 4) is 0 Å². The predicted octanol–water partition coefficient (Wildman–Crippen LogP) is 4.83. The maximum Gasteiger partial charge on any atom is 0.337 e. The highest BCUT2D eigenvalue weighted by Crippen LogP contribution is 2.24. The summed E-state index contributed by atoms with van der Waals surface area (Å²) in [7, 11) is 1.34. The average Bonchev–Trinajstić information content (AvgIpc) is 3.11. The number of nitrogens with one attached hydrogen (secondary N) is 1. The normalized spacial score (nSPS) is 11.9. The largest absolute Gasteiger partial charge is 0.465 e. The van der Waals surface area contributed by atoms with Gasteiger partial charge in [0.2, 0.25) is 0 Å². The first-order chi connectivity index (χ1) is 15.9. The highest BCUT2D eigenvalue weighted by molar-refractivity contribution is 9.10. The lowest BCUT2D eigenvalue weighted by molar-refractivity contribution is 0.0600. The van der Waals surface area contributed by atoms with E-state index in [9.17, 15) is 9.59 Å². The van der Waals surface area contributed by atoms with Crippen LogP contribution in [-0.4, -0.2) is 33.8 Å². The zero-order valence-corrected chi connectivity index (χ0v) is 20.1. The summed E-state index contributed by atoms with van der Waals surface area (Å²) in [6, 6.07) is 16.7. The summed E-state index contributed by atoms with van der Waals surface area (Å²) in [5.41, 5.74) is 3.28. The third-order valence-corrected chi connectivity index (χ3v) is 6.40. The maximum atomic E-state index is 13.2. The van der Waals surface area contributed by atoms with Crippen molar-refractivity contribution in [3.63, 3.8) is 0 Å². The van der Waals surface area contributed by atoms with Crippen LogP contribution < -0.4 is 5.32 Å². The van der Waals surface area contributed by atoms with Gasteiger partial charge in [0.05, 0.1) is 41.1 Å². The number of aryl methyl sites for hydroxylation is 1. The van der Waals surface area contributed by atoms with Crippen molar-refractivity contribution >= 4 is 38.6 Å². The van der Waals surface area contributed by atoms with Crippen LogP contribution in [0.5, 0.6) is 0 Å². The summed E-state index contributed by atoms with van der Waals surface area (Å²) in [6.07, 6.45) is 1.83. The van der Waals surface area contributed by atoms with E-state index in [1.165, 1.54) is 7.11 Å². The molecule has 2 aromatic heterocycles. The Labute approximate surface area is 199 Å². The van der Waals surface area contributed by atoms with Gasteiger partial charge in [-0.25, -0.2) is 4.79 Å². The highest BCUT2D eigenvalue weighted by atomic mass is 79.9. The maximum absolute atomic E-state index is 13.2. The van der Waals surface area contributed by atoms with Crippen molar-refractivity contribution in [3.05, 3.63) is 93.5 Å². The summed E-state index contributed by atoms with van der Waals surface area (Å²) in [5.74, 6) is -0.656. The fourth-order valence-electron chi connectivity index (χ4n) is 3.63. The van der Waals surface area contributed by atoms with Gasteiger partial charge in [-0.05, 0) is 58.9 Å². The molecule has 0 spiro atoms. The number of amides is 1. The lowest BCUT2D eigenvalue weighted by Crippen LogP contribution is -2.29. The molecule has 33 heavy (non-hydrogen) atoms. The molecule has 0 radical (unpaired) electrons. The highest BCUT2D eigenvalue weighted by Gasteiger charge is 2.22.